The summed E-state index contributed by atoms with van der Waals surface area (Å²) in [6.07, 6.45) is -0.816. The molecule has 0 spiro atoms. The fourth-order valence-corrected chi connectivity index (χ4v) is 4.56. The van der Waals surface area contributed by atoms with Gasteiger partial charge in [-0.05, 0) is 72.1 Å². The molecule has 0 saturated carbocycles. The summed E-state index contributed by atoms with van der Waals surface area (Å²) in [6, 6.07) is 10.5. The molecular weight excluding hydrogens is 566 g/mol. The lowest BCUT2D eigenvalue weighted by Gasteiger charge is -2.35. The Balaban J connectivity index is 2.57. The highest BCUT2D eigenvalue weighted by atomic mass is 16.6. The van der Waals surface area contributed by atoms with E-state index in [1.807, 2.05) is 43.3 Å². The fourth-order valence-electron chi connectivity index (χ4n) is 4.56. The van der Waals surface area contributed by atoms with Crippen LogP contribution < -0.4 is 10.6 Å². The molecule has 0 aliphatic heterocycles. The van der Waals surface area contributed by atoms with E-state index in [1.54, 1.807) is 60.6 Å². The number of alkyl carbamates (subject to hydrolysis) is 1. The van der Waals surface area contributed by atoms with Crippen molar-refractivity contribution in [1.82, 2.24) is 15.5 Å². The summed E-state index contributed by atoms with van der Waals surface area (Å²) >= 11 is 0. The molecule has 2 aromatic rings. The van der Waals surface area contributed by atoms with Crippen molar-refractivity contribution in [1.29, 1.82) is 0 Å². The Kier molecular flexibility index (Phi) is 12.9. The Morgan fingerprint density at radius 3 is 1.98 bits per heavy atom. The van der Waals surface area contributed by atoms with E-state index < -0.39 is 66.4 Å². The maximum atomic E-state index is 14.2. The van der Waals surface area contributed by atoms with Gasteiger partial charge in [0, 0.05) is 13.0 Å². The lowest BCUT2D eigenvalue weighted by Crippen LogP contribution is -2.56. The highest BCUT2D eigenvalue weighted by molar-refractivity contribution is 5.94. The molecule has 11 heteroatoms. The minimum atomic E-state index is -1.48. The largest absolute Gasteiger partial charge is 0.458 e. The van der Waals surface area contributed by atoms with Crippen LogP contribution in [0.15, 0.2) is 48.5 Å². The van der Waals surface area contributed by atoms with Gasteiger partial charge in [0.05, 0.1) is 13.2 Å². The highest BCUT2D eigenvalue weighted by Crippen LogP contribution is 2.27. The van der Waals surface area contributed by atoms with Gasteiger partial charge in [0.2, 0.25) is 11.8 Å². The topological polar surface area (TPSA) is 154 Å². The smallest absolute Gasteiger partial charge is 0.408 e. The molecule has 3 unspecified atom stereocenters. The molecule has 3 amide bonds. The van der Waals surface area contributed by atoms with Crippen molar-refractivity contribution in [2.75, 3.05) is 19.8 Å². The summed E-state index contributed by atoms with van der Waals surface area (Å²) in [5, 5.41) is 25.2. The molecule has 44 heavy (non-hydrogen) atoms. The second kappa shape index (κ2) is 15.7. The second-order valence-corrected chi connectivity index (χ2v) is 12.7. The first-order valence-corrected chi connectivity index (χ1v) is 14.6. The van der Waals surface area contributed by atoms with Crippen molar-refractivity contribution in [2.24, 2.45) is 0 Å². The van der Waals surface area contributed by atoms with E-state index in [2.05, 4.69) is 10.6 Å². The van der Waals surface area contributed by atoms with Crippen LogP contribution in [0, 0.1) is 13.8 Å². The Morgan fingerprint density at radius 2 is 1.45 bits per heavy atom. The molecule has 0 aliphatic rings. The molecule has 2 rings (SSSR count). The zero-order chi connectivity index (χ0) is 33.2. The highest BCUT2D eigenvalue weighted by Gasteiger charge is 2.38. The Bertz CT molecular complexity index is 1280. The summed E-state index contributed by atoms with van der Waals surface area (Å²) in [5.74, 6) is -2.20. The van der Waals surface area contributed by atoms with Crippen molar-refractivity contribution in [2.45, 2.75) is 91.1 Å². The summed E-state index contributed by atoms with van der Waals surface area (Å²) in [5.41, 5.74) is 1.11. The quantitative estimate of drug-likeness (QED) is 0.266. The average molecular weight is 614 g/mol. The van der Waals surface area contributed by atoms with Crippen LogP contribution in [0.5, 0.6) is 0 Å². The van der Waals surface area contributed by atoms with Gasteiger partial charge in [0.25, 0.3) is 0 Å². The van der Waals surface area contributed by atoms with Crippen molar-refractivity contribution >= 4 is 23.9 Å². The molecule has 2 aromatic carbocycles. The van der Waals surface area contributed by atoms with Gasteiger partial charge in [-0.15, -0.1) is 0 Å². The number of carbonyl (C=O) groups excluding carboxylic acids is 4. The molecule has 0 bridgehead atoms. The van der Waals surface area contributed by atoms with Crippen molar-refractivity contribution in [3.05, 3.63) is 70.8 Å². The Morgan fingerprint density at radius 1 is 0.841 bits per heavy atom. The van der Waals surface area contributed by atoms with Crippen molar-refractivity contribution in [3.8, 4) is 0 Å². The number of aryl methyl sites for hydroxylation is 2. The monoisotopic (exact) mass is 613 g/mol. The molecule has 4 N–H and O–H groups in total. The van der Waals surface area contributed by atoms with E-state index in [9.17, 15) is 29.4 Å². The van der Waals surface area contributed by atoms with Crippen LogP contribution in [-0.2, 0) is 30.3 Å². The molecule has 0 heterocycles. The third-order valence-corrected chi connectivity index (χ3v) is 6.37. The third-order valence-electron chi connectivity index (χ3n) is 6.37. The molecule has 0 aromatic heterocycles. The predicted molar refractivity (Wildman–Crippen MR) is 166 cm³/mol. The molecule has 0 saturated heterocycles. The summed E-state index contributed by atoms with van der Waals surface area (Å²) in [6.45, 7) is 12.1. The molecule has 11 nitrogen and oxygen atoms in total. The summed E-state index contributed by atoms with van der Waals surface area (Å²) in [7, 11) is 0. The van der Waals surface area contributed by atoms with Crippen molar-refractivity contribution in [3.63, 3.8) is 0 Å². The maximum absolute atomic E-state index is 14.2. The summed E-state index contributed by atoms with van der Waals surface area (Å²) < 4.78 is 10.9. The first-order chi connectivity index (χ1) is 20.5. The van der Waals surface area contributed by atoms with Crippen LogP contribution in [0.4, 0.5) is 4.79 Å². The number of benzene rings is 2. The molecule has 0 aliphatic carbocycles. The van der Waals surface area contributed by atoms with Gasteiger partial charge < -0.3 is 35.2 Å². The van der Waals surface area contributed by atoms with E-state index in [1.165, 1.54) is 0 Å². The number of ether oxygens (including phenoxy) is 2. The first kappa shape index (κ1) is 36.2. The van der Waals surface area contributed by atoms with Crippen LogP contribution in [0.3, 0.4) is 0 Å². The molecular formula is C33H47N3O8. The third kappa shape index (κ3) is 11.3. The van der Waals surface area contributed by atoms with Crippen LogP contribution in [-0.4, -0.2) is 82.0 Å². The van der Waals surface area contributed by atoms with Gasteiger partial charge in [0.1, 0.15) is 29.3 Å². The Hall–Kier alpha value is -3.96. The van der Waals surface area contributed by atoms with Gasteiger partial charge in [0.15, 0.2) is 0 Å². The van der Waals surface area contributed by atoms with E-state index in [0.717, 1.165) is 16.0 Å². The van der Waals surface area contributed by atoms with Crippen LogP contribution in [0.1, 0.15) is 69.8 Å². The number of rotatable bonds is 12. The zero-order valence-electron chi connectivity index (χ0n) is 27.0. The molecule has 242 valence electrons. The fraction of sp³-hybridized carbons (Fsp3) is 0.515. The number of aliphatic hydroxyl groups is 2. The minimum Gasteiger partial charge on any atom is -0.458 e. The van der Waals surface area contributed by atoms with Crippen LogP contribution in [0.2, 0.25) is 0 Å². The lowest BCUT2D eigenvalue weighted by atomic mass is 9.95. The summed E-state index contributed by atoms with van der Waals surface area (Å²) in [4.78, 5) is 55.0. The van der Waals surface area contributed by atoms with Crippen LogP contribution in [0.25, 0.3) is 0 Å². The average Bonchev–Trinajstić information content (AvgIpc) is 2.90. The Labute approximate surface area is 259 Å². The first-order valence-electron chi connectivity index (χ1n) is 14.6. The lowest BCUT2D eigenvalue weighted by molar-refractivity contribution is -0.159. The van der Waals surface area contributed by atoms with Gasteiger partial charge in [-0.25, -0.2) is 9.59 Å². The van der Waals surface area contributed by atoms with Gasteiger partial charge >= 0.3 is 12.1 Å². The second-order valence-electron chi connectivity index (χ2n) is 12.7. The van der Waals surface area contributed by atoms with Gasteiger partial charge in [-0.2, -0.15) is 0 Å². The zero-order valence-corrected chi connectivity index (χ0v) is 27.0. The molecule has 0 fully saturated rings. The van der Waals surface area contributed by atoms with Gasteiger partial charge in [-0.3, -0.25) is 9.59 Å². The standard InChI is InChI=1S/C33H47N3O8/c1-21-14-15-24(22(2)18-21)27(36(16-17-37)29(40)26(20-38)35-31(42)44-33(6,7)8)28(39)34-25(30(41)43-32(3,4)5)19-23-12-10-9-11-13-23/h9-15,18,25-27,37-38H,16-17,19-20H2,1-8H3,(H,34,39)(H,35,42). The SMILES string of the molecule is Cc1ccc(C(C(=O)NC(Cc2ccccc2)C(=O)OC(C)(C)C)N(CCO)C(=O)C(CO)NC(=O)OC(C)(C)C)c(C)c1. The van der Waals surface area contributed by atoms with E-state index in [-0.39, 0.29) is 13.0 Å². The molecule has 0 radical (unpaired) electrons. The number of nitrogens with zero attached hydrogens (tertiary/aromatic N) is 1. The normalized spacial score (nSPS) is 13.7. The predicted octanol–water partition coefficient (Wildman–Crippen LogP) is 3.12. The van der Waals surface area contributed by atoms with Crippen LogP contribution >= 0.6 is 0 Å². The number of amides is 3. The molecule has 3 atom stereocenters. The number of esters is 1. The van der Waals surface area contributed by atoms with Gasteiger partial charge in [-0.1, -0.05) is 54.1 Å². The van der Waals surface area contributed by atoms with Crippen molar-refractivity contribution < 1.29 is 38.9 Å². The van der Waals surface area contributed by atoms with E-state index in [4.69, 9.17) is 9.47 Å². The minimum absolute atomic E-state index is 0.120. The van der Waals surface area contributed by atoms with E-state index in [0.29, 0.717) is 11.1 Å². The number of hydrogen-bond donors (Lipinski definition) is 4. The number of carbonyl (C=O) groups is 4. The number of hydrogen-bond acceptors (Lipinski definition) is 8. The van der Waals surface area contributed by atoms with E-state index >= 15 is 0 Å². The number of aliphatic hydroxyl groups excluding tert-OH is 2. The number of nitrogens with one attached hydrogen (secondary N) is 2. The maximum Gasteiger partial charge on any atom is 0.408 e.